The highest BCUT2D eigenvalue weighted by atomic mass is 35.5. The molecule has 0 fully saturated rings. The van der Waals surface area contributed by atoms with Crippen LogP contribution in [0.5, 0.6) is 0 Å². The molecule has 3 atom stereocenters. The highest BCUT2D eigenvalue weighted by Gasteiger charge is 2.40. The smallest absolute Gasteiger partial charge is 0.0641 e. The van der Waals surface area contributed by atoms with E-state index in [-0.39, 0.29) is 12.0 Å². The number of benzene rings is 2. The van der Waals surface area contributed by atoms with Crippen LogP contribution in [0.2, 0.25) is 15.1 Å². The van der Waals surface area contributed by atoms with Crippen LogP contribution in [-0.2, 0) is 0 Å². The maximum Gasteiger partial charge on any atom is 0.0641 e. The first kappa shape index (κ1) is 14.4. The first-order valence-electron chi connectivity index (χ1n) is 7.32. The third kappa shape index (κ3) is 2.15. The maximum atomic E-state index is 6.45. The minimum atomic E-state index is 0.136. The SMILES string of the molecule is Clc1ccccc1C1Nc2c(Cl)ccc(Cl)c2C2C=CCC21. The Labute approximate surface area is 144 Å². The van der Waals surface area contributed by atoms with Crippen molar-refractivity contribution in [1.29, 1.82) is 0 Å². The molecule has 1 aliphatic carbocycles. The number of nitrogens with one attached hydrogen (secondary N) is 1. The predicted octanol–water partition coefficient (Wildman–Crippen LogP) is 6.47. The van der Waals surface area contributed by atoms with Gasteiger partial charge in [0, 0.05) is 21.5 Å². The van der Waals surface area contributed by atoms with Gasteiger partial charge in [-0.2, -0.15) is 0 Å². The first-order valence-corrected chi connectivity index (χ1v) is 8.45. The van der Waals surface area contributed by atoms with Crippen LogP contribution in [0, 0.1) is 5.92 Å². The van der Waals surface area contributed by atoms with Gasteiger partial charge in [0.2, 0.25) is 0 Å². The number of fused-ring (bicyclic) bond motifs is 3. The van der Waals surface area contributed by atoms with Crippen LogP contribution in [0.3, 0.4) is 0 Å². The summed E-state index contributed by atoms with van der Waals surface area (Å²) in [6.45, 7) is 0. The van der Waals surface area contributed by atoms with Crippen molar-refractivity contribution in [2.45, 2.75) is 18.4 Å². The molecule has 112 valence electrons. The van der Waals surface area contributed by atoms with Gasteiger partial charge in [0.05, 0.1) is 16.8 Å². The van der Waals surface area contributed by atoms with Crippen molar-refractivity contribution >= 4 is 40.5 Å². The molecule has 0 saturated heterocycles. The summed E-state index contributed by atoms with van der Waals surface area (Å²) in [5.41, 5.74) is 3.16. The summed E-state index contributed by atoms with van der Waals surface area (Å²) in [5, 5.41) is 5.85. The van der Waals surface area contributed by atoms with Gasteiger partial charge < -0.3 is 5.32 Å². The van der Waals surface area contributed by atoms with Gasteiger partial charge in [-0.1, -0.05) is 65.2 Å². The Morgan fingerprint density at radius 2 is 1.68 bits per heavy atom. The summed E-state index contributed by atoms with van der Waals surface area (Å²) in [4.78, 5) is 0. The lowest BCUT2D eigenvalue weighted by molar-refractivity contribution is 0.426. The van der Waals surface area contributed by atoms with Gasteiger partial charge in [-0.25, -0.2) is 0 Å². The average molecular weight is 351 g/mol. The van der Waals surface area contributed by atoms with Crippen molar-refractivity contribution in [3.8, 4) is 0 Å². The third-order valence-corrected chi connectivity index (χ3v) is 5.64. The topological polar surface area (TPSA) is 12.0 Å². The lowest BCUT2D eigenvalue weighted by Crippen LogP contribution is -2.29. The van der Waals surface area contributed by atoms with Gasteiger partial charge in [0.25, 0.3) is 0 Å². The molecule has 0 spiro atoms. The standard InChI is InChI=1S/C18H14Cl3N/c19-13-7-2-1-4-12(13)17-11-6-3-5-10(11)16-14(20)8-9-15(21)18(16)22-17/h1-5,7-11,17,22H,6H2. The van der Waals surface area contributed by atoms with Crippen LogP contribution in [0.15, 0.2) is 48.6 Å². The van der Waals surface area contributed by atoms with Gasteiger partial charge in [0.1, 0.15) is 0 Å². The second kappa shape index (κ2) is 5.49. The zero-order chi connectivity index (χ0) is 15.3. The molecule has 1 nitrogen and oxygen atoms in total. The van der Waals surface area contributed by atoms with E-state index in [4.69, 9.17) is 34.8 Å². The lowest BCUT2D eigenvalue weighted by atomic mass is 9.77. The van der Waals surface area contributed by atoms with Gasteiger partial charge in [0.15, 0.2) is 0 Å². The van der Waals surface area contributed by atoms with E-state index in [1.54, 1.807) is 0 Å². The number of allylic oxidation sites excluding steroid dienone is 2. The third-order valence-electron chi connectivity index (χ3n) is 4.66. The highest BCUT2D eigenvalue weighted by molar-refractivity contribution is 6.36. The van der Waals surface area contributed by atoms with Gasteiger partial charge >= 0.3 is 0 Å². The molecule has 1 N–H and O–H groups in total. The summed E-state index contributed by atoms with van der Waals surface area (Å²) in [5.74, 6) is 0.687. The zero-order valence-electron chi connectivity index (χ0n) is 11.7. The van der Waals surface area contributed by atoms with Crippen molar-refractivity contribution in [3.63, 3.8) is 0 Å². The number of rotatable bonds is 1. The van der Waals surface area contributed by atoms with Crippen LogP contribution in [-0.4, -0.2) is 0 Å². The van der Waals surface area contributed by atoms with E-state index in [2.05, 4.69) is 23.5 Å². The van der Waals surface area contributed by atoms with Crippen molar-refractivity contribution in [2.75, 3.05) is 5.32 Å². The van der Waals surface area contributed by atoms with E-state index in [9.17, 15) is 0 Å². The van der Waals surface area contributed by atoms with Gasteiger partial charge in [-0.3, -0.25) is 0 Å². The average Bonchev–Trinajstić information content (AvgIpc) is 3.00. The molecule has 3 unspecified atom stereocenters. The van der Waals surface area contributed by atoms with Crippen molar-refractivity contribution in [2.24, 2.45) is 5.92 Å². The Hall–Kier alpha value is -1.15. The normalized spacial score (nSPS) is 25.5. The number of anilines is 1. The van der Waals surface area contributed by atoms with Crippen molar-refractivity contribution < 1.29 is 0 Å². The summed E-state index contributed by atoms with van der Waals surface area (Å²) >= 11 is 19.3. The minimum Gasteiger partial charge on any atom is -0.376 e. The molecular weight excluding hydrogens is 337 g/mol. The Morgan fingerprint density at radius 1 is 0.909 bits per heavy atom. The molecule has 0 saturated carbocycles. The largest absolute Gasteiger partial charge is 0.376 e. The zero-order valence-corrected chi connectivity index (χ0v) is 14.0. The molecule has 0 bridgehead atoms. The number of halogens is 3. The molecule has 2 aliphatic rings. The Balaban J connectivity index is 1.88. The molecular formula is C18H14Cl3N. The minimum absolute atomic E-state index is 0.136. The Bertz CT molecular complexity index is 769. The van der Waals surface area contributed by atoms with Gasteiger partial charge in [-0.15, -0.1) is 0 Å². The second-order valence-electron chi connectivity index (χ2n) is 5.81. The second-order valence-corrected chi connectivity index (χ2v) is 7.04. The fourth-order valence-corrected chi connectivity index (χ4v) is 4.42. The number of hydrogen-bond donors (Lipinski definition) is 1. The molecule has 4 heteroatoms. The summed E-state index contributed by atoms with van der Waals surface area (Å²) in [6, 6.07) is 11.9. The highest BCUT2D eigenvalue weighted by Crippen LogP contribution is 2.54. The van der Waals surface area contributed by atoms with Crippen molar-refractivity contribution in [3.05, 3.63) is 74.7 Å². The van der Waals surface area contributed by atoms with E-state index in [0.29, 0.717) is 10.9 Å². The van der Waals surface area contributed by atoms with Crippen LogP contribution < -0.4 is 5.32 Å². The molecule has 1 heterocycles. The van der Waals surface area contributed by atoms with E-state index in [1.165, 1.54) is 0 Å². The Morgan fingerprint density at radius 3 is 2.50 bits per heavy atom. The number of hydrogen-bond acceptors (Lipinski definition) is 1. The van der Waals surface area contributed by atoms with E-state index >= 15 is 0 Å². The molecule has 0 amide bonds. The molecule has 0 aromatic heterocycles. The van der Waals surface area contributed by atoms with Crippen LogP contribution in [0.4, 0.5) is 5.69 Å². The predicted molar refractivity (Wildman–Crippen MR) is 94.3 cm³/mol. The fraction of sp³-hybridized carbons (Fsp3) is 0.222. The van der Waals surface area contributed by atoms with E-state index < -0.39 is 0 Å². The summed E-state index contributed by atoms with van der Waals surface area (Å²) in [7, 11) is 0. The monoisotopic (exact) mass is 349 g/mol. The molecule has 2 aromatic rings. The van der Waals surface area contributed by atoms with E-state index in [0.717, 1.165) is 33.3 Å². The van der Waals surface area contributed by atoms with Crippen molar-refractivity contribution in [1.82, 2.24) is 0 Å². The van der Waals surface area contributed by atoms with E-state index in [1.807, 2.05) is 30.3 Å². The van der Waals surface area contributed by atoms with Crippen LogP contribution >= 0.6 is 34.8 Å². The molecule has 1 aliphatic heterocycles. The van der Waals surface area contributed by atoms with Crippen LogP contribution in [0.25, 0.3) is 0 Å². The van der Waals surface area contributed by atoms with Crippen LogP contribution in [0.1, 0.15) is 29.5 Å². The molecule has 2 aromatic carbocycles. The fourth-order valence-electron chi connectivity index (χ4n) is 3.66. The van der Waals surface area contributed by atoms with Gasteiger partial charge in [-0.05, 0) is 36.1 Å². The molecule has 22 heavy (non-hydrogen) atoms. The quantitative estimate of drug-likeness (QED) is 0.581. The molecule has 4 rings (SSSR count). The maximum absolute atomic E-state index is 6.45. The Kier molecular flexibility index (Phi) is 3.60. The first-order chi connectivity index (χ1) is 10.7. The summed E-state index contributed by atoms with van der Waals surface area (Å²) in [6.07, 6.45) is 5.49. The lowest BCUT2D eigenvalue weighted by Gasteiger charge is -2.38. The summed E-state index contributed by atoms with van der Waals surface area (Å²) < 4.78 is 0. The molecule has 0 radical (unpaired) electrons.